The van der Waals surface area contributed by atoms with E-state index in [-0.39, 0.29) is 12.5 Å². The van der Waals surface area contributed by atoms with E-state index >= 15 is 0 Å². The molecule has 0 fully saturated rings. The van der Waals surface area contributed by atoms with Gasteiger partial charge in [-0.05, 0) is 55.0 Å². The Balaban J connectivity index is 1.56. The lowest BCUT2D eigenvalue weighted by Gasteiger charge is -2.11. The maximum absolute atomic E-state index is 12.1. The maximum Gasteiger partial charge on any atom is 0.262 e. The highest BCUT2D eigenvalue weighted by atomic mass is 16.5. The second-order valence-electron chi connectivity index (χ2n) is 6.20. The molecule has 0 spiro atoms. The first-order chi connectivity index (χ1) is 14.1. The van der Waals surface area contributed by atoms with Gasteiger partial charge in [0.05, 0.1) is 13.3 Å². The zero-order valence-corrected chi connectivity index (χ0v) is 16.3. The van der Waals surface area contributed by atoms with Crippen molar-refractivity contribution in [1.82, 2.24) is 4.98 Å². The molecule has 1 heterocycles. The number of aryl methyl sites for hydroxylation is 1. The molecule has 0 atom stereocenters. The summed E-state index contributed by atoms with van der Waals surface area (Å²) in [5.74, 6) is 1.38. The summed E-state index contributed by atoms with van der Waals surface area (Å²) in [6.45, 7) is 1.86. The van der Waals surface area contributed by atoms with E-state index in [0.29, 0.717) is 17.3 Å². The molecule has 2 N–H and O–H groups in total. The van der Waals surface area contributed by atoms with Crippen molar-refractivity contribution >= 4 is 23.6 Å². The Morgan fingerprint density at radius 1 is 1.10 bits per heavy atom. The van der Waals surface area contributed by atoms with E-state index in [1.807, 2.05) is 55.5 Å². The largest absolute Gasteiger partial charge is 0.493 e. The molecular weight excluding hydrogens is 368 g/mol. The first-order valence-electron chi connectivity index (χ1n) is 9.01. The van der Waals surface area contributed by atoms with Gasteiger partial charge < -0.3 is 14.8 Å². The van der Waals surface area contributed by atoms with E-state index in [1.165, 1.54) is 0 Å². The van der Waals surface area contributed by atoms with E-state index in [9.17, 15) is 4.79 Å². The van der Waals surface area contributed by atoms with Crippen LogP contribution in [0.2, 0.25) is 0 Å². The molecule has 0 aliphatic rings. The summed E-state index contributed by atoms with van der Waals surface area (Å²) in [4.78, 5) is 16.2. The fourth-order valence-corrected chi connectivity index (χ4v) is 2.46. The van der Waals surface area contributed by atoms with E-state index in [4.69, 9.17) is 9.47 Å². The molecule has 0 saturated heterocycles. The Morgan fingerprint density at radius 3 is 2.66 bits per heavy atom. The number of ether oxygens (including phenoxy) is 2. The van der Waals surface area contributed by atoms with Crippen LogP contribution in [0.15, 0.2) is 72.0 Å². The van der Waals surface area contributed by atoms with Crippen molar-refractivity contribution in [3.63, 3.8) is 0 Å². The van der Waals surface area contributed by atoms with Crippen LogP contribution >= 0.6 is 0 Å². The molecule has 0 bridgehead atoms. The highest BCUT2D eigenvalue weighted by molar-refractivity contribution is 5.92. The van der Waals surface area contributed by atoms with Crippen LogP contribution in [-0.4, -0.2) is 30.8 Å². The number of carbonyl (C=O) groups excluding carboxylic acids is 1. The number of benzene rings is 2. The van der Waals surface area contributed by atoms with E-state index in [2.05, 4.69) is 20.8 Å². The third-order valence-corrected chi connectivity index (χ3v) is 3.94. The van der Waals surface area contributed by atoms with Crippen LogP contribution in [0, 0.1) is 6.92 Å². The van der Waals surface area contributed by atoms with Gasteiger partial charge in [0.25, 0.3) is 5.91 Å². The van der Waals surface area contributed by atoms with Gasteiger partial charge >= 0.3 is 0 Å². The molecule has 0 aliphatic carbocycles. The SMILES string of the molecule is COc1cc(C=NNc2ccccn2)ccc1OCC(=O)Nc1ccc(C)cc1. The molecule has 2 aromatic carbocycles. The van der Waals surface area contributed by atoms with Gasteiger partial charge in [-0.3, -0.25) is 10.2 Å². The highest BCUT2D eigenvalue weighted by Crippen LogP contribution is 2.27. The van der Waals surface area contributed by atoms with Gasteiger partial charge in [0.2, 0.25) is 0 Å². The number of methoxy groups -OCH3 is 1. The normalized spacial score (nSPS) is 10.6. The van der Waals surface area contributed by atoms with E-state index in [0.717, 1.165) is 16.8 Å². The monoisotopic (exact) mass is 390 g/mol. The zero-order valence-electron chi connectivity index (χ0n) is 16.3. The van der Waals surface area contributed by atoms with Crippen LogP contribution in [-0.2, 0) is 4.79 Å². The molecule has 0 radical (unpaired) electrons. The lowest BCUT2D eigenvalue weighted by atomic mass is 10.2. The third kappa shape index (κ3) is 6.07. The summed E-state index contributed by atoms with van der Waals surface area (Å²) < 4.78 is 11.0. The molecule has 0 saturated carbocycles. The lowest BCUT2D eigenvalue weighted by Crippen LogP contribution is -2.20. The maximum atomic E-state index is 12.1. The standard InChI is InChI=1S/C22H22N4O3/c1-16-6-9-18(10-7-16)25-22(27)15-29-19-11-8-17(13-20(19)28-2)14-24-26-21-5-3-4-12-23-21/h3-14H,15H2,1-2H3,(H,23,26)(H,25,27). The minimum atomic E-state index is -0.249. The lowest BCUT2D eigenvalue weighted by molar-refractivity contribution is -0.118. The molecule has 7 heteroatoms. The molecule has 3 aromatic rings. The fourth-order valence-electron chi connectivity index (χ4n) is 2.46. The predicted octanol–water partition coefficient (Wildman–Crippen LogP) is 3.86. The minimum Gasteiger partial charge on any atom is -0.493 e. The Bertz CT molecular complexity index is 973. The molecule has 29 heavy (non-hydrogen) atoms. The van der Waals surface area contributed by atoms with Crippen LogP contribution in [0.5, 0.6) is 11.5 Å². The second kappa shape index (κ2) is 9.89. The number of rotatable bonds is 8. The van der Waals surface area contributed by atoms with Crippen molar-refractivity contribution in [3.05, 3.63) is 78.0 Å². The molecular formula is C22H22N4O3. The third-order valence-electron chi connectivity index (χ3n) is 3.94. The first kappa shape index (κ1) is 19.9. The van der Waals surface area contributed by atoms with Crippen LogP contribution in [0.25, 0.3) is 0 Å². The number of anilines is 2. The van der Waals surface area contributed by atoms with Gasteiger partial charge in [-0.2, -0.15) is 5.10 Å². The van der Waals surface area contributed by atoms with E-state index in [1.54, 1.807) is 31.7 Å². The van der Waals surface area contributed by atoms with Crippen LogP contribution in [0.1, 0.15) is 11.1 Å². The van der Waals surface area contributed by atoms with Crippen molar-refractivity contribution in [2.24, 2.45) is 5.10 Å². The topological polar surface area (TPSA) is 84.8 Å². The molecule has 3 rings (SSSR count). The van der Waals surface area contributed by atoms with Gasteiger partial charge in [-0.1, -0.05) is 23.8 Å². The summed E-state index contributed by atoms with van der Waals surface area (Å²) in [6, 6.07) is 18.4. The average molecular weight is 390 g/mol. The van der Waals surface area contributed by atoms with E-state index < -0.39 is 0 Å². The van der Waals surface area contributed by atoms with Gasteiger partial charge in [0.15, 0.2) is 18.1 Å². The molecule has 148 valence electrons. The number of nitrogens with zero attached hydrogens (tertiary/aromatic N) is 2. The Morgan fingerprint density at radius 2 is 1.93 bits per heavy atom. The number of hydrogen-bond acceptors (Lipinski definition) is 6. The number of amides is 1. The minimum absolute atomic E-state index is 0.126. The fraction of sp³-hybridized carbons (Fsp3) is 0.136. The van der Waals surface area contributed by atoms with Gasteiger partial charge in [0, 0.05) is 11.9 Å². The van der Waals surface area contributed by atoms with Gasteiger partial charge in [-0.25, -0.2) is 4.98 Å². The molecule has 7 nitrogen and oxygen atoms in total. The van der Waals surface area contributed by atoms with Crippen molar-refractivity contribution in [2.45, 2.75) is 6.92 Å². The van der Waals surface area contributed by atoms with Crippen molar-refractivity contribution in [3.8, 4) is 11.5 Å². The average Bonchev–Trinajstić information content (AvgIpc) is 2.75. The summed E-state index contributed by atoms with van der Waals surface area (Å²) in [5, 5.41) is 6.94. The number of hydrogen-bond donors (Lipinski definition) is 2. The molecule has 1 amide bonds. The number of carbonyl (C=O) groups is 1. The van der Waals surface area contributed by atoms with Gasteiger partial charge in [-0.15, -0.1) is 0 Å². The van der Waals surface area contributed by atoms with Gasteiger partial charge in [0.1, 0.15) is 5.82 Å². The Labute approximate surface area is 169 Å². The van der Waals surface area contributed by atoms with Crippen molar-refractivity contribution in [1.29, 1.82) is 0 Å². The summed E-state index contributed by atoms with van der Waals surface area (Å²) >= 11 is 0. The van der Waals surface area contributed by atoms with Crippen LogP contribution < -0.4 is 20.2 Å². The smallest absolute Gasteiger partial charge is 0.262 e. The number of hydrazone groups is 1. The first-order valence-corrected chi connectivity index (χ1v) is 9.01. The molecule has 1 aromatic heterocycles. The number of pyridine rings is 1. The number of nitrogens with one attached hydrogen (secondary N) is 2. The Hall–Kier alpha value is -3.87. The van der Waals surface area contributed by atoms with Crippen molar-refractivity contribution in [2.75, 3.05) is 24.5 Å². The quantitative estimate of drug-likeness (QED) is 0.451. The van der Waals surface area contributed by atoms with Crippen LogP contribution in [0.4, 0.5) is 11.5 Å². The Kier molecular flexibility index (Phi) is 6.78. The molecule has 0 unspecified atom stereocenters. The predicted molar refractivity (Wildman–Crippen MR) is 114 cm³/mol. The second-order valence-corrected chi connectivity index (χ2v) is 6.20. The van der Waals surface area contributed by atoms with Crippen molar-refractivity contribution < 1.29 is 14.3 Å². The number of aromatic nitrogens is 1. The molecule has 0 aliphatic heterocycles. The van der Waals surface area contributed by atoms with Crippen LogP contribution in [0.3, 0.4) is 0 Å². The highest BCUT2D eigenvalue weighted by Gasteiger charge is 2.09. The summed E-state index contributed by atoms with van der Waals surface area (Å²) in [7, 11) is 1.54. The zero-order chi connectivity index (χ0) is 20.5. The summed E-state index contributed by atoms with van der Waals surface area (Å²) in [6.07, 6.45) is 3.33. The summed E-state index contributed by atoms with van der Waals surface area (Å²) in [5.41, 5.74) is 5.51.